The highest BCUT2D eigenvalue weighted by Crippen LogP contribution is 2.34. The third kappa shape index (κ3) is 2.26. The van der Waals surface area contributed by atoms with Crippen LogP contribution in [-0.4, -0.2) is 13.4 Å². The molecule has 0 aromatic heterocycles. The first-order valence-corrected chi connectivity index (χ1v) is 4.84. The molecule has 0 aliphatic heterocycles. The average molecular weight is 213 g/mol. The van der Waals surface area contributed by atoms with E-state index in [-0.39, 0.29) is 5.92 Å². The number of hydrogen-bond acceptors (Lipinski definition) is 2. The van der Waals surface area contributed by atoms with Crippen molar-refractivity contribution in [3.63, 3.8) is 0 Å². The summed E-state index contributed by atoms with van der Waals surface area (Å²) in [6, 6.07) is 5.57. The minimum Gasteiger partial charge on any atom is -0.495 e. The number of ether oxygens (including phenoxy) is 1. The Morgan fingerprint density at radius 3 is 2.86 bits per heavy atom. The molecule has 0 bridgehead atoms. The molecule has 0 spiro atoms. The molecule has 0 heterocycles. The molecule has 0 aliphatic carbocycles. The third-order valence-corrected chi connectivity index (χ3v) is 2.48. The quantitative estimate of drug-likeness (QED) is 0.718. The molecule has 76 valence electrons. The molecule has 1 aromatic rings. The van der Waals surface area contributed by atoms with Crippen LogP contribution in [0.1, 0.15) is 24.8 Å². The highest BCUT2D eigenvalue weighted by Gasteiger charge is 2.13. The van der Waals surface area contributed by atoms with Crippen molar-refractivity contribution < 1.29 is 9.53 Å². The lowest BCUT2D eigenvalue weighted by atomic mass is 9.97. The van der Waals surface area contributed by atoms with Gasteiger partial charge in [-0.15, -0.1) is 0 Å². The summed E-state index contributed by atoms with van der Waals surface area (Å²) in [5.41, 5.74) is 0.979. The summed E-state index contributed by atoms with van der Waals surface area (Å²) in [7, 11) is 1.58. The molecular weight excluding hydrogens is 200 g/mol. The van der Waals surface area contributed by atoms with E-state index in [1.807, 2.05) is 19.1 Å². The molecule has 14 heavy (non-hydrogen) atoms. The van der Waals surface area contributed by atoms with E-state index in [1.165, 1.54) is 0 Å². The van der Waals surface area contributed by atoms with Crippen LogP contribution in [0.2, 0.25) is 5.02 Å². The van der Waals surface area contributed by atoms with Crippen LogP contribution in [0.3, 0.4) is 0 Å². The van der Waals surface area contributed by atoms with Crippen molar-refractivity contribution in [2.24, 2.45) is 0 Å². The Kier molecular flexibility index (Phi) is 3.96. The standard InChI is InChI=1S/C11H13ClO2/c1-8(6-7-13)9-4-3-5-10(12)11(9)14-2/h3-5,7-8H,6H2,1-2H3. The van der Waals surface area contributed by atoms with Crippen LogP contribution in [0.15, 0.2) is 18.2 Å². The van der Waals surface area contributed by atoms with Crippen molar-refractivity contribution in [1.82, 2.24) is 0 Å². The van der Waals surface area contributed by atoms with Gasteiger partial charge in [-0.3, -0.25) is 0 Å². The Hall–Kier alpha value is -1.02. The van der Waals surface area contributed by atoms with E-state index in [0.29, 0.717) is 17.2 Å². The number of carbonyl (C=O) groups excluding carboxylic acids is 1. The number of hydrogen-bond donors (Lipinski definition) is 0. The predicted molar refractivity (Wildman–Crippen MR) is 57.1 cm³/mol. The van der Waals surface area contributed by atoms with Gasteiger partial charge in [0.25, 0.3) is 0 Å². The molecule has 0 N–H and O–H groups in total. The minimum absolute atomic E-state index is 0.140. The second kappa shape index (κ2) is 5.01. The Labute approximate surface area is 88.8 Å². The summed E-state index contributed by atoms with van der Waals surface area (Å²) in [6.07, 6.45) is 1.39. The molecule has 0 aliphatic rings. The number of halogens is 1. The first-order valence-electron chi connectivity index (χ1n) is 4.46. The van der Waals surface area contributed by atoms with Crippen LogP contribution >= 0.6 is 11.6 Å². The van der Waals surface area contributed by atoms with Gasteiger partial charge in [-0.25, -0.2) is 0 Å². The summed E-state index contributed by atoms with van der Waals surface area (Å²) in [4.78, 5) is 10.4. The molecule has 1 rings (SSSR count). The van der Waals surface area contributed by atoms with Crippen LogP contribution in [0, 0.1) is 0 Å². The Morgan fingerprint density at radius 1 is 1.57 bits per heavy atom. The van der Waals surface area contributed by atoms with Crippen LogP contribution < -0.4 is 4.74 Å². The van der Waals surface area contributed by atoms with E-state index in [0.717, 1.165) is 11.8 Å². The fourth-order valence-corrected chi connectivity index (χ4v) is 1.66. The summed E-state index contributed by atoms with van der Waals surface area (Å²) >= 11 is 5.96. The third-order valence-electron chi connectivity index (χ3n) is 2.18. The van der Waals surface area contributed by atoms with Crippen LogP contribution in [0.4, 0.5) is 0 Å². The largest absolute Gasteiger partial charge is 0.495 e. The Morgan fingerprint density at radius 2 is 2.29 bits per heavy atom. The van der Waals surface area contributed by atoms with Crippen molar-refractivity contribution in [2.75, 3.05) is 7.11 Å². The van der Waals surface area contributed by atoms with Crippen LogP contribution in [0.5, 0.6) is 5.75 Å². The van der Waals surface area contributed by atoms with E-state index in [9.17, 15) is 4.79 Å². The number of carbonyl (C=O) groups is 1. The lowest BCUT2D eigenvalue weighted by Crippen LogP contribution is -1.98. The molecule has 0 saturated carbocycles. The van der Waals surface area contributed by atoms with Crippen molar-refractivity contribution >= 4 is 17.9 Å². The normalized spacial score (nSPS) is 12.2. The monoisotopic (exact) mass is 212 g/mol. The number of aldehydes is 1. The number of methoxy groups -OCH3 is 1. The minimum atomic E-state index is 0.140. The van der Waals surface area contributed by atoms with Gasteiger partial charge in [0.2, 0.25) is 0 Å². The molecule has 3 heteroatoms. The fourth-order valence-electron chi connectivity index (χ4n) is 1.40. The predicted octanol–water partition coefficient (Wildman–Crippen LogP) is 3.04. The number of para-hydroxylation sites is 1. The van der Waals surface area contributed by atoms with Gasteiger partial charge in [-0.05, 0) is 17.5 Å². The molecule has 0 radical (unpaired) electrons. The first kappa shape index (κ1) is 11.1. The zero-order chi connectivity index (χ0) is 10.6. The number of rotatable bonds is 4. The van der Waals surface area contributed by atoms with Crippen LogP contribution in [-0.2, 0) is 4.79 Å². The number of benzene rings is 1. The first-order chi connectivity index (χ1) is 6.70. The molecular formula is C11H13ClO2. The summed E-state index contributed by atoms with van der Waals surface area (Å²) in [5.74, 6) is 0.810. The van der Waals surface area contributed by atoms with Gasteiger partial charge >= 0.3 is 0 Å². The maximum atomic E-state index is 10.4. The molecule has 0 fully saturated rings. The summed E-state index contributed by atoms with van der Waals surface area (Å²) in [5, 5.41) is 0.586. The van der Waals surface area contributed by atoms with Crippen molar-refractivity contribution in [3.05, 3.63) is 28.8 Å². The maximum Gasteiger partial charge on any atom is 0.140 e. The summed E-state index contributed by atoms with van der Waals surface area (Å²) in [6.45, 7) is 1.97. The lowest BCUT2D eigenvalue weighted by Gasteiger charge is -2.14. The SMILES string of the molecule is COc1c(Cl)cccc1C(C)CC=O. The molecule has 0 saturated heterocycles. The van der Waals surface area contributed by atoms with E-state index in [4.69, 9.17) is 16.3 Å². The fraction of sp³-hybridized carbons (Fsp3) is 0.364. The average Bonchev–Trinajstić information content (AvgIpc) is 2.17. The Balaban J connectivity index is 3.06. The van der Waals surface area contributed by atoms with Gasteiger partial charge in [0, 0.05) is 6.42 Å². The maximum absolute atomic E-state index is 10.4. The zero-order valence-electron chi connectivity index (χ0n) is 8.29. The molecule has 0 amide bonds. The highest BCUT2D eigenvalue weighted by molar-refractivity contribution is 6.32. The summed E-state index contributed by atoms with van der Waals surface area (Å²) < 4.78 is 5.20. The highest BCUT2D eigenvalue weighted by atomic mass is 35.5. The van der Waals surface area contributed by atoms with Gasteiger partial charge in [-0.1, -0.05) is 30.7 Å². The molecule has 1 atom stereocenters. The van der Waals surface area contributed by atoms with Crippen LogP contribution in [0.25, 0.3) is 0 Å². The van der Waals surface area contributed by atoms with Crippen molar-refractivity contribution in [3.8, 4) is 5.75 Å². The zero-order valence-corrected chi connectivity index (χ0v) is 9.04. The van der Waals surface area contributed by atoms with Crippen molar-refractivity contribution in [1.29, 1.82) is 0 Å². The lowest BCUT2D eigenvalue weighted by molar-refractivity contribution is -0.108. The van der Waals surface area contributed by atoms with Gasteiger partial charge in [-0.2, -0.15) is 0 Å². The smallest absolute Gasteiger partial charge is 0.140 e. The van der Waals surface area contributed by atoms with E-state index in [2.05, 4.69) is 0 Å². The Bertz CT molecular complexity index is 323. The van der Waals surface area contributed by atoms with E-state index in [1.54, 1.807) is 13.2 Å². The second-order valence-corrected chi connectivity index (χ2v) is 3.57. The molecule has 2 nitrogen and oxygen atoms in total. The van der Waals surface area contributed by atoms with Gasteiger partial charge in [0.05, 0.1) is 12.1 Å². The second-order valence-electron chi connectivity index (χ2n) is 3.17. The van der Waals surface area contributed by atoms with E-state index < -0.39 is 0 Å². The van der Waals surface area contributed by atoms with Gasteiger partial charge in [0.15, 0.2) is 0 Å². The van der Waals surface area contributed by atoms with Crippen molar-refractivity contribution in [2.45, 2.75) is 19.3 Å². The van der Waals surface area contributed by atoms with E-state index >= 15 is 0 Å². The topological polar surface area (TPSA) is 26.3 Å². The van der Waals surface area contributed by atoms with Gasteiger partial charge < -0.3 is 9.53 Å². The molecule has 1 aromatic carbocycles. The van der Waals surface area contributed by atoms with Gasteiger partial charge in [0.1, 0.15) is 12.0 Å². The molecule has 1 unspecified atom stereocenters.